The zero-order valence-corrected chi connectivity index (χ0v) is 17.4. The molecule has 0 saturated carbocycles. The van der Waals surface area contributed by atoms with Gasteiger partial charge in [-0.05, 0) is 52.4 Å². The molecule has 2 N–H and O–H groups in total. The van der Waals surface area contributed by atoms with Gasteiger partial charge in [0, 0.05) is 32.6 Å². The summed E-state index contributed by atoms with van der Waals surface area (Å²) < 4.78 is 0. The molecule has 26 heavy (non-hydrogen) atoms. The number of hydrogen-bond acceptors (Lipinski definition) is 5. The smallest absolute Gasteiger partial charge is 0.221 e. The molecule has 0 radical (unpaired) electrons. The maximum absolute atomic E-state index is 11.9. The molecule has 1 heterocycles. The van der Waals surface area contributed by atoms with Gasteiger partial charge in [0.2, 0.25) is 5.91 Å². The van der Waals surface area contributed by atoms with Crippen molar-refractivity contribution < 1.29 is 4.79 Å². The molecule has 6 heteroatoms. The fraction of sp³-hybridized carbons (Fsp3) is 0.900. The standard InChI is InChI=1S/C20H41N5O/c1-4-6-14-24(15-7-5-2)16-8-10-21-11-9-20(26)23-13-18-25-17-12-22-19(25)3/h21H,4-18H2,1-3H3,(H,23,26). The third kappa shape index (κ3) is 10.8. The number of amidine groups is 1. The number of nitrogens with one attached hydrogen (secondary N) is 2. The van der Waals surface area contributed by atoms with Crippen molar-refractivity contribution in [2.45, 2.75) is 59.3 Å². The van der Waals surface area contributed by atoms with Crippen LogP contribution < -0.4 is 10.6 Å². The minimum absolute atomic E-state index is 0.138. The highest BCUT2D eigenvalue weighted by atomic mass is 16.1. The second kappa shape index (κ2) is 15.0. The maximum atomic E-state index is 11.9. The summed E-state index contributed by atoms with van der Waals surface area (Å²) in [5.41, 5.74) is 0. The Labute approximate surface area is 160 Å². The number of aliphatic imine (C=N–C) groups is 1. The molecular formula is C20H41N5O. The van der Waals surface area contributed by atoms with Crippen LogP contribution in [0, 0.1) is 0 Å². The van der Waals surface area contributed by atoms with E-state index in [1.807, 2.05) is 6.92 Å². The number of unbranched alkanes of at least 4 members (excludes halogenated alkanes) is 2. The number of amides is 1. The van der Waals surface area contributed by atoms with Crippen molar-refractivity contribution in [1.82, 2.24) is 20.4 Å². The highest BCUT2D eigenvalue weighted by Gasteiger charge is 2.11. The van der Waals surface area contributed by atoms with E-state index >= 15 is 0 Å². The van der Waals surface area contributed by atoms with Gasteiger partial charge in [0.1, 0.15) is 0 Å². The predicted molar refractivity (Wildman–Crippen MR) is 111 cm³/mol. The number of carbonyl (C=O) groups excluding carboxylic acids is 1. The minimum atomic E-state index is 0.138. The lowest BCUT2D eigenvalue weighted by atomic mass is 10.2. The Morgan fingerprint density at radius 3 is 2.38 bits per heavy atom. The molecule has 0 fully saturated rings. The highest BCUT2D eigenvalue weighted by Crippen LogP contribution is 2.00. The predicted octanol–water partition coefficient (Wildman–Crippen LogP) is 2.11. The summed E-state index contributed by atoms with van der Waals surface area (Å²) in [6, 6.07) is 0. The third-order valence-corrected chi connectivity index (χ3v) is 4.88. The quantitative estimate of drug-likeness (QED) is 0.410. The van der Waals surface area contributed by atoms with E-state index in [4.69, 9.17) is 0 Å². The number of rotatable bonds is 16. The molecule has 0 spiro atoms. The first-order valence-corrected chi connectivity index (χ1v) is 10.6. The Morgan fingerprint density at radius 2 is 1.77 bits per heavy atom. The molecular weight excluding hydrogens is 326 g/mol. The van der Waals surface area contributed by atoms with E-state index in [1.54, 1.807) is 0 Å². The molecule has 0 aliphatic carbocycles. The molecule has 0 saturated heterocycles. The van der Waals surface area contributed by atoms with E-state index in [1.165, 1.54) is 38.8 Å². The van der Waals surface area contributed by atoms with Gasteiger partial charge < -0.3 is 20.4 Å². The average molecular weight is 368 g/mol. The molecule has 1 amide bonds. The van der Waals surface area contributed by atoms with Crippen LogP contribution in [0.3, 0.4) is 0 Å². The lowest BCUT2D eigenvalue weighted by molar-refractivity contribution is -0.121. The SMILES string of the molecule is CCCCN(CCCC)CCCNCCC(=O)NCCN1CCN=C1C. The van der Waals surface area contributed by atoms with E-state index < -0.39 is 0 Å². The van der Waals surface area contributed by atoms with Crippen molar-refractivity contribution in [3.05, 3.63) is 0 Å². The lowest BCUT2D eigenvalue weighted by Crippen LogP contribution is -2.37. The number of nitrogens with zero attached hydrogens (tertiary/aromatic N) is 3. The Kier molecular flexibility index (Phi) is 13.2. The Balaban J connectivity index is 1.97. The molecule has 0 aromatic carbocycles. The fourth-order valence-corrected chi connectivity index (χ4v) is 3.14. The summed E-state index contributed by atoms with van der Waals surface area (Å²) in [6.45, 7) is 15.3. The zero-order chi connectivity index (χ0) is 19.0. The number of hydrogen-bond donors (Lipinski definition) is 2. The third-order valence-electron chi connectivity index (χ3n) is 4.88. The van der Waals surface area contributed by atoms with Gasteiger partial charge >= 0.3 is 0 Å². The van der Waals surface area contributed by atoms with Gasteiger partial charge in [-0.1, -0.05) is 26.7 Å². The van der Waals surface area contributed by atoms with E-state index in [0.29, 0.717) is 13.0 Å². The van der Waals surface area contributed by atoms with Gasteiger partial charge in [0.25, 0.3) is 0 Å². The van der Waals surface area contributed by atoms with Gasteiger partial charge in [0.05, 0.1) is 12.4 Å². The molecule has 1 aliphatic heterocycles. The van der Waals surface area contributed by atoms with Crippen LogP contribution in [-0.4, -0.2) is 80.4 Å². The van der Waals surface area contributed by atoms with Gasteiger partial charge in [-0.2, -0.15) is 0 Å². The van der Waals surface area contributed by atoms with Crippen molar-refractivity contribution in [2.24, 2.45) is 4.99 Å². The average Bonchev–Trinajstić information content (AvgIpc) is 3.04. The molecule has 1 rings (SSSR count). The summed E-state index contributed by atoms with van der Waals surface area (Å²) in [6.07, 6.45) is 6.82. The lowest BCUT2D eigenvalue weighted by Gasteiger charge is -2.22. The second-order valence-corrected chi connectivity index (χ2v) is 7.17. The minimum Gasteiger partial charge on any atom is -0.357 e. The topological polar surface area (TPSA) is 60.0 Å². The summed E-state index contributed by atoms with van der Waals surface area (Å²) in [5.74, 6) is 1.23. The molecule has 152 valence electrons. The second-order valence-electron chi connectivity index (χ2n) is 7.17. The van der Waals surface area contributed by atoms with Crippen molar-refractivity contribution in [3.63, 3.8) is 0 Å². The van der Waals surface area contributed by atoms with Crippen molar-refractivity contribution in [1.29, 1.82) is 0 Å². The van der Waals surface area contributed by atoms with Crippen LogP contribution in [0.2, 0.25) is 0 Å². The van der Waals surface area contributed by atoms with E-state index in [2.05, 4.69) is 39.3 Å². The molecule has 6 nitrogen and oxygen atoms in total. The summed E-state index contributed by atoms with van der Waals surface area (Å²) in [7, 11) is 0. The Morgan fingerprint density at radius 1 is 1.08 bits per heavy atom. The van der Waals surface area contributed by atoms with E-state index in [9.17, 15) is 4.79 Å². The van der Waals surface area contributed by atoms with Crippen LogP contribution in [0.1, 0.15) is 59.3 Å². The Hall–Kier alpha value is -1.14. The zero-order valence-electron chi connectivity index (χ0n) is 17.4. The van der Waals surface area contributed by atoms with Crippen LogP contribution in [0.25, 0.3) is 0 Å². The van der Waals surface area contributed by atoms with E-state index in [-0.39, 0.29) is 5.91 Å². The van der Waals surface area contributed by atoms with Crippen LogP contribution in [0.5, 0.6) is 0 Å². The van der Waals surface area contributed by atoms with Crippen molar-refractivity contribution >= 4 is 11.7 Å². The van der Waals surface area contributed by atoms with E-state index in [0.717, 1.165) is 51.5 Å². The van der Waals surface area contributed by atoms with Crippen LogP contribution >= 0.6 is 0 Å². The fourth-order valence-electron chi connectivity index (χ4n) is 3.14. The van der Waals surface area contributed by atoms with Crippen LogP contribution in [-0.2, 0) is 4.79 Å². The monoisotopic (exact) mass is 367 g/mol. The van der Waals surface area contributed by atoms with Crippen LogP contribution in [0.4, 0.5) is 0 Å². The Bertz CT molecular complexity index is 392. The summed E-state index contributed by atoms with van der Waals surface area (Å²) >= 11 is 0. The van der Waals surface area contributed by atoms with Crippen molar-refractivity contribution in [3.8, 4) is 0 Å². The molecule has 0 aromatic heterocycles. The van der Waals surface area contributed by atoms with Crippen molar-refractivity contribution in [2.75, 3.05) is 58.9 Å². The number of carbonyl (C=O) groups is 1. The van der Waals surface area contributed by atoms with Gasteiger partial charge in [-0.3, -0.25) is 9.79 Å². The highest BCUT2D eigenvalue weighted by molar-refractivity contribution is 5.81. The largest absolute Gasteiger partial charge is 0.357 e. The normalized spacial score (nSPS) is 14.2. The molecule has 0 bridgehead atoms. The summed E-state index contributed by atoms with van der Waals surface area (Å²) in [5, 5.41) is 6.41. The molecule has 1 aliphatic rings. The van der Waals surface area contributed by atoms with Gasteiger partial charge in [0.15, 0.2) is 0 Å². The maximum Gasteiger partial charge on any atom is 0.221 e. The molecule has 0 unspecified atom stereocenters. The summed E-state index contributed by atoms with van der Waals surface area (Å²) in [4.78, 5) is 21.0. The van der Waals surface area contributed by atoms with Gasteiger partial charge in [-0.15, -0.1) is 0 Å². The molecule has 0 atom stereocenters. The first kappa shape index (κ1) is 22.9. The van der Waals surface area contributed by atoms with Gasteiger partial charge in [-0.25, -0.2) is 0 Å². The molecule has 0 aromatic rings. The first-order chi connectivity index (χ1) is 12.7. The first-order valence-electron chi connectivity index (χ1n) is 10.6. The van der Waals surface area contributed by atoms with Crippen LogP contribution in [0.15, 0.2) is 4.99 Å².